The summed E-state index contributed by atoms with van der Waals surface area (Å²) in [7, 11) is 0. The second-order valence-corrected chi connectivity index (χ2v) is 6.87. The van der Waals surface area contributed by atoms with E-state index in [-0.39, 0.29) is 6.42 Å². The topological polar surface area (TPSA) is 71.2 Å². The molecular formula is C23H30N2O3. The van der Waals surface area contributed by atoms with Crippen molar-refractivity contribution in [3.05, 3.63) is 54.1 Å². The van der Waals surface area contributed by atoms with E-state index >= 15 is 0 Å². The van der Waals surface area contributed by atoms with Gasteiger partial charge in [0.1, 0.15) is 5.75 Å². The molecule has 2 rings (SSSR count). The predicted octanol–water partition coefficient (Wildman–Crippen LogP) is 6.86. The van der Waals surface area contributed by atoms with E-state index in [9.17, 15) is 4.79 Å². The average molecular weight is 383 g/mol. The molecule has 0 aliphatic rings. The van der Waals surface area contributed by atoms with Crippen LogP contribution >= 0.6 is 0 Å². The van der Waals surface area contributed by atoms with Gasteiger partial charge in [-0.05, 0) is 67.6 Å². The maximum absolute atomic E-state index is 10.5. The lowest BCUT2D eigenvalue weighted by Gasteiger charge is -2.05. The van der Waals surface area contributed by atoms with Crippen molar-refractivity contribution in [2.45, 2.75) is 58.3 Å². The number of nitrogens with zero attached hydrogens (tertiary/aromatic N) is 2. The van der Waals surface area contributed by atoms with Gasteiger partial charge in [0.25, 0.3) is 0 Å². The Morgan fingerprint density at radius 1 is 0.857 bits per heavy atom. The summed E-state index contributed by atoms with van der Waals surface area (Å²) in [6.07, 6.45) is 7.75. The van der Waals surface area contributed by atoms with Gasteiger partial charge in [0, 0.05) is 6.42 Å². The first-order chi connectivity index (χ1) is 13.7. The molecule has 0 aliphatic heterocycles. The Morgan fingerprint density at radius 2 is 1.50 bits per heavy atom. The van der Waals surface area contributed by atoms with Crippen molar-refractivity contribution in [1.29, 1.82) is 0 Å². The highest BCUT2D eigenvalue weighted by Crippen LogP contribution is 2.22. The van der Waals surface area contributed by atoms with Crippen molar-refractivity contribution in [2.75, 3.05) is 6.61 Å². The Morgan fingerprint density at radius 3 is 2.11 bits per heavy atom. The third-order valence-electron chi connectivity index (χ3n) is 4.43. The first-order valence-corrected chi connectivity index (χ1v) is 10.1. The fraction of sp³-hybridized carbons (Fsp3) is 0.435. The normalized spacial score (nSPS) is 11.0. The maximum Gasteiger partial charge on any atom is 0.303 e. The number of unbranched alkanes of at least 4 members (excludes halogenated alkanes) is 4. The summed E-state index contributed by atoms with van der Waals surface area (Å²) >= 11 is 0. The number of carboxylic acid groups (broad SMARTS) is 1. The molecule has 0 saturated carbocycles. The van der Waals surface area contributed by atoms with Gasteiger partial charge < -0.3 is 9.84 Å². The van der Waals surface area contributed by atoms with Gasteiger partial charge in [0.2, 0.25) is 0 Å². The van der Waals surface area contributed by atoms with Crippen LogP contribution in [0.5, 0.6) is 5.75 Å². The Bertz CT molecular complexity index is 725. The molecule has 1 N–H and O–H groups in total. The van der Waals surface area contributed by atoms with Gasteiger partial charge in [-0.1, -0.05) is 38.3 Å². The van der Waals surface area contributed by atoms with Crippen molar-refractivity contribution in [1.82, 2.24) is 0 Å². The summed E-state index contributed by atoms with van der Waals surface area (Å²) in [5.74, 6) is -0.0157. The molecule has 5 heteroatoms. The quantitative estimate of drug-likeness (QED) is 0.304. The predicted molar refractivity (Wildman–Crippen MR) is 112 cm³/mol. The molecule has 0 fully saturated rings. The van der Waals surface area contributed by atoms with Crippen molar-refractivity contribution in [3.8, 4) is 5.75 Å². The zero-order valence-electron chi connectivity index (χ0n) is 16.6. The number of ether oxygens (including phenoxy) is 1. The third kappa shape index (κ3) is 8.80. The fourth-order valence-electron chi connectivity index (χ4n) is 2.78. The monoisotopic (exact) mass is 382 g/mol. The van der Waals surface area contributed by atoms with E-state index in [1.54, 1.807) is 0 Å². The summed E-state index contributed by atoms with van der Waals surface area (Å²) < 4.78 is 5.60. The van der Waals surface area contributed by atoms with Gasteiger partial charge in [-0.15, -0.1) is 0 Å². The van der Waals surface area contributed by atoms with Gasteiger partial charge >= 0.3 is 5.97 Å². The van der Waals surface area contributed by atoms with Gasteiger partial charge in [-0.2, -0.15) is 10.2 Å². The lowest BCUT2D eigenvalue weighted by Crippen LogP contribution is -2.00. The minimum absolute atomic E-state index is 0.183. The number of aliphatic carboxylic acids is 1. The second kappa shape index (κ2) is 12.7. The molecule has 0 unspecified atom stereocenters. The molecule has 150 valence electrons. The van der Waals surface area contributed by atoms with Crippen molar-refractivity contribution >= 4 is 17.3 Å². The summed E-state index contributed by atoms with van der Waals surface area (Å²) in [5.41, 5.74) is 2.96. The first-order valence-electron chi connectivity index (χ1n) is 10.1. The Hall–Kier alpha value is -2.69. The van der Waals surface area contributed by atoms with E-state index in [2.05, 4.69) is 29.3 Å². The van der Waals surface area contributed by atoms with E-state index in [1.807, 2.05) is 36.4 Å². The van der Waals surface area contributed by atoms with Crippen LogP contribution in [0.1, 0.15) is 57.4 Å². The third-order valence-corrected chi connectivity index (χ3v) is 4.43. The average Bonchev–Trinajstić information content (AvgIpc) is 2.71. The zero-order valence-corrected chi connectivity index (χ0v) is 16.6. The molecule has 5 nitrogen and oxygen atoms in total. The minimum atomic E-state index is -0.767. The van der Waals surface area contributed by atoms with E-state index in [0.717, 1.165) is 30.0 Å². The summed E-state index contributed by atoms with van der Waals surface area (Å²) in [5, 5.41) is 17.2. The van der Waals surface area contributed by atoms with Crippen LogP contribution in [0, 0.1) is 0 Å². The van der Waals surface area contributed by atoms with Crippen LogP contribution in [0.2, 0.25) is 0 Å². The number of benzene rings is 2. The Labute approximate surface area is 167 Å². The van der Waals surface area contributed by atoms with E-state index < -0.39 is 5.97 Å². The highest BCUT2D eigenvalue weighted by molar-refractivity contribution is 5.66. The minimum Gasteiger partial charge on any atom is -0.494 e. The molecule has 28 heavy (non-hydrogen) atoms. The molecule has 0 saturated heterocycles. The van der Waals surface area contributed by atoms with E-state index in [0.29, 0.717) is 13.0 Å². The van der Waals surface area contributed by atoms with Gasteiger partial charge in [-0.25, -0.2) is 0 Å². The highest BCUT2D eigenvalue weighted by Gasteiger charge is 1.99. The standard InChI is InChI=1S/C23H30N2O3/c1-2-3-4-5-8-19-10-12-20(13-11-19)24-25-21-14-16-22(17-15-21)28-18-7-6-9-23(26)27/h10-17H,2-9,18H2,1H3,(H,26,27). The molecule has 0 radical (unpaired) electrons. The molecule has 0 amide bonds. The molecule has 0 aromatic heterocycles. The number of hydrogen-bond acceptors (Lipinski definition) is 4. The molecule has 0 aliphatic carbocycles. The van der Waals surface area contributed by atoms with Crippen LogP contribution < -0.4 is 4.74 Å². The summed E-state index contributed by atoms with van der Waals surface area (Å²) in [4.78, 5) is 10.5. The number of carbonyl (C=O) groups is 1. The molecule has 2 aromatic carbocycles. The molecule has 2 aromatic rings. The van der Waals surface area contributed by atoms with Crippen LogP contribution in [-0.4, -0.2) is 17.7 Å². The smallest absolute Gasteiger partial charge is 0.303 e. The van der Waals surface area contributed by atoms with Gasteiger partial charge in [0.05, 0.1) is 18.0 Å². The van der Waals surface area contributed by atoms with Crippen molar-refractivity contribution in [2.24, 2.45) is 10.2 Å². The van der Waals surface area contributed by atoms with Crippen LogP contribution in [-0.2, 0) is 11.2 Å². The van der Waals surface area contributed by atoms with Crippen molar-refractivity contribution < 1.29 is 14.6 Å². The number of carboxylic acids is 1. The molecule has 0 spiro atoms. The lowest BCUT2D eigenvalue weighted by atomic mass is 10.1. The van der Waals surface area contributed by atoms with Crippen LogP contribution in [0.25, 0.3) is 0 Å². The second-order valence-electron chi connectivity index (χ2n) is 6.87. The van der Waals surface area contributed by atoms with Crippen LogP contribution in [0.15, 0.2) is 58.8 Å². The number of rotatable bonds is 13. The SMILES string of the molecule is CCCCCCc1ccc(N=Nc2ccc(OCCCCC(=O)O)cc2)cc1. The van der Waals surface area contributed by atoms with Gasteiger partial charge in [-0.3, -0.25) is 4.79 Å². The molecule has 0 bridgehead atoms. The molecule has 0 atom stereocenters. The van der Waals surface area contributed by atoms with Crippen molar-refractivity contribution in [3.63, 3.8) is 0 Å². The summed E-state index contributed by atoms with van der Waals surface area (Å²) in [6.45, 7) is 2.74. The van der Waals surface area contributed by atoms with E-state index in [4.69, 9.17) is 9.84 Å². The lowest BCUT2D eigenvalue weighted by molar-refractivity contribution is -0.137. The molecular weight excluding hydrogens is 352 g/mol. The van der Waals surface area contributed by atoms with E-state index in [1.165, 1.54) is 31.2 Å². The Balaban J connectivity index is 1.75. The summed E-state index contributed by atoms with van der Waals surface area (Å²) in [6, 6.07) is 15.7. The number of aryl methyl sites for hydroxylation is 1. The fourth-order valence-corrected chi connectivity index (χ4v) is 2.78. The van der Waals surface area contributed by atoms with Crippen LogP contribution in [0.4, 0.5) is 11.4 Å². The maximum atomic E-state index is 10.5. The number of hydrogen-bond donors (Lipinski definition) is 1. The first kappa shape index (κ1) is 21.6. The Kier molecular flexibility index (Phi) is 9.76. The van der Waals surface area contributed by atoms with Gasteiger partial charge in [0.15, 0.2) is 0 Å². The van der Waals surface area contributed by atoms with Crippen LogP contribution in [0.3, 0.4) is 0 Å². The zero-order chi connectivity index (χ0) is 20.0. The largest absolute Gasteiger partial charge is 0.494 e. The highest BCUT2D eigenvalue weighted by atomic mass is 16.5. The molecule has 0 heterocycles. The number of azo groups is 1.